The largest absolute Gasteiger partial charge is 0.399 e. The summed E-state index contributed by atoms with van der Waals surface area (Å²) in [4.78, 5) is 13.5. The number of aryl methyl sites for hydroxylation is 1. The molecule has 2 aromatic rings. The molecule has 0 atom stereocenters. The molecule has 0 spiro atoms. The zero-order valence-corrected chi connectivity index (χ0v) is 12.5. The SMILES string of the molecule is CCN(Cc1ccc(N)cc1)c1ccc(C(N)=O)c(C)c1. The van der Waals surface area contributed by atoms with E-state index in [1.807, 2.05) is 43.3 Å². The van der Waals surface area contributed by atoms with Gasteiger partial charge in [-0.2, -0.15) is 0 Å². The third-order valence-corrected chi connectivity index (χ3v) is 3.58. The molecule has 110 valence electrons. The van der Waals surface area contributed by atoms with Crippen LogP contribution in [0.4, 0.5) is 11.4 Å². The van der Waals surface area contributed by atoms with Crippen molar-refractivity contribution >= 4 is 17.3 Å². The molecule has 0 saturated heterocycles. The molecule has 2 rings (SSSR count). The highest BCUT2D eigenvalue weighted by molar-refractivity contribution is 5.94. The van der Waals surface area contributed by atoms with Crippen LogP contribution in [0.15, 0.2) is 42.5 Å². The highest BCUT2D eigenvalue weighted by Gasteiger charge is 2.10. The first kappa shape index (κ1) is 14.9. The third kappa shape index (κ3) is 3.54. The minimum Gasteiger partial charge on any atom is -0.399 e. The van der Waals surface area contributed by atoms with Gasteiger partial charge in [-0.3, -0.25) is 4.79 Å². The maximum Gasteiger partial charge on any atom is 0.248 e. The van der Waals surface area contributed by atoms with Crippen LogP contribution in [-0.4, -0.2) is 12.5 Å². The van der Waals surface area contributed by atoms with E-state index in [0.29, 0.717) is 5.56 Å². The Labute approximate surface area is 125 Å². The van der Waals surface area contributed by atoms with Crippen molar-refractivity contribution in [3.8, 4) is 0 Å². The van der Waals surface area contributed by atoms with Crippen LogP contribution in [0.1, 0.15) is 28.4 Å². The van der Waals surface area contributed by atoms with Gasteiger partial charge in [0.05, 0.1) is 0 Å². The Morgan fingerprint density at radius 3 is 2.33 bits per heavy atom. The van der Waals surface area contributed by atoms with E-state index >= 15 is 0 Å². The summed E-state index contributed by atoms with van der Waals surface area (Å²) in [6.07, 6.45) is 0. The molecule has 0 aliphatic carbocycles. The molecule has 0 saturated carbocycles. The first-order valence-corrected chi connectivity index (χ1v) is 7.01. The fourth-order valence-corrected chi connectivity index (χ4v) is 2.35. The van der Waals surface area contributed by atoms with Gasteiger partial charge in [0.1, 0.15) is 0 Å². The summed E-state index contributed by atoms with van der Waals surface area (Å²) in [6, 6.07) is 13.6. The van der Waals surface area contributed by atoms with Crippen LogP contribution >= 0.6 is 0 Å². The summed E-state index contributed by atoms with van der Waals surface area (Å²) in [6.45, 7) is 5.68. The number of amides is 1. The summed E-state index contributed by atoms with van der Waals surface area (Å²) in [7, 11) is 0. The number of hydrogen-bond acceptors (Lipinski definition) is 3. The number of nitrogens with zero attached hydrogens (tertiary/aromatic N) is 1. The van der Waals surface area contributed by atoms with Crippen LogP contribution in [0, 0.1) is 6.92 Å². The van der Waals surface area contributed by atoms with Crippen LogP contribution in [0.5, 0.6) is 0 Å². The predicted molar refractivity (Wildman–Crippen MR) is 87.3 cm³/mol. The minimum atomic E-state index is -0.388. The van der Waals surface area contributed by atoms with Crippen molar-refractivity contribution in [2.24, 2.45) is 5.73 Å². The molecule has 0 unspecified atom stereocenters. The standard InChI is InChI=1S/C17H21N3O/c1-3-20(11-13-4-6-14(18)7-5-13)15-8-9-16(17(19)21)12(2)10-15/h4-10H,3,11,18H2,1-2H3,(H2,19,21). The number of nitrogen functional groups attached to an aromatic ring is 1. The van der Waals surface area contributed by atoms with E-state index in [4.69, 9.17) is 11.5 Å². The average Bonchev–Trinajstić information content (AvgIpc) is 2.46. The van der Waals surface area contributed by atoms with Crippen molar-refractivity contribution in [2.45, 2.75) is 20.4 Å². The quantitative estimate of drug-likeness (QED) is 0.829. The van der Waals surface area contributed by atoms with E-state index in [0.717, 1.165) is 30.0 Å². The smallest absolute Gasteiger partial charge is 0.248 e. The molecule has 0 aliphatic heterocycles. The Morgan fingerprint density at radius 1 is 1.14 bits per heavy atom. The topological polar surface area (TPSA) is 72.3 Å². The number of hydrogen-bond donors (Lipinski definition) is 2. The molecule has 0 aromatic heterocycles. The van der Waals surface area contributed by atoms with Gasteiger partial charge < -0.3 is 16.4 Å². The second kappa shape index (κ2) is 6.31. The second-order valence-corrected chi connectivity index (χ2v) is 5.12. The summed E-state index contributed by atoms with van der Waals surface area (Å²) >= 11 is 0. The highest BCUT2D eigenvalue weighted by atomic mass is 16.1. The van der Waals surface area contributed by atoms with Gasteiger partial charge in [-0.15, -0.1) is 0 Å². The lowest BCUT2D eigenvalue weighted by atomic mass is 10.1. The number of carbonyl (C=O) groups excluding carboxylic acids is 1. The average molecular weight is 283 g/mol. The highest BCUT2D eigenvalue weighted by Crippen LogP contribution is 2.21. The van der Waals surface area contributed by atoms with E-state index in [1.165, 1.54) is 5.56 Å². The van der Waals surface area contributed by atoms with Crippen molar-refractivity contribution in [2.75, 3.05) is 17.2 Å². The summed E-state index contributed by atoms with van der Waals surface area (Å²) in [5.74, 6) is -0.388. The number of anilines is 2. The number of rotatable bonds is 5. The van der Waals surface area contributed by atoms with Gasteiger partial charge in [-0.05, 0) is 55.3 Å². The summed E-state index contributed by atoms with van der Waals surface area (Å²) in [5, 5.41) is 0. The molecule has 1 amide bonds. The van der Waals surface area contributed by atoms with Crippen molar-refractivity contribution in [3.63, 3.8) is 0 Å². The Bertz CT molecular complexity index is 635. The predicted octanol–water partition coefficient (Wildman–Crippen LogP) is 2.70. The lowest BCUT2D eigenvalue weighted by Crippen LogP contribution is -2.22. The number of carbonyl (C=O) groups is 1. The molecule has 2 aromatic carbocycles. The van der Waals surface area contributed by atoms with Gasteiger partial charge >= 0.3 is 0 Å². The maximum absolute atomic E-state index is 11.3. The van der Waals surface area contributed by atoms with Crippen molar-refractivity contribution < 1.29 is 4.79 Å². The minimum absolute atomic E-state index is 0.388. The Kier molecular flexibility index (Phi) is 4.48. The number of nitrogens with two attached hydrogens (primary N) is 2. The maximum atomic E-state index is 11.3. The fraction of sp³-hybridized carbons (Fsp3) is 0.235. The molecule has 0 heterocycles. The molecular weight excluding hydrogens is 262 g/mol. The van der Waals surface area contributed by atoms with E-state index in [1.54, 1.807) is 6.07 Å². The lowest BCUT2D eigenvalue weighted by molar-refractivity contribution is 0.0999. The molecular formula is C17H21N3O. The Morgan fingerprint density at radius 2 is 1.81 bits per heavy atom. The normalized spacial score (nSPS) is 10.4. The van der Waals surface area contributed by atoms with Crippen molar-refractivity contribution in [1.29, 1.82) is 0 Å². The molecule has 0 aliphatic rings. The zero-order valence-electron chi connectivity index (χ0n) is 12.5. The lowest BCUT2D eigenvalue weighted by Gasteiger charge is -2.24. The van der Waals surface area contributed by atoms with E-state index < -0.39 is 0 Å². The van der Waals surface area contributed by atoms with Gasteiger partial charge in [0, 0.05) is 30.0 Å². The van der Waals surface area contributed by atoms with Gasteiger partial charge in [0.15, 0.2) is 0 Å². The molecule has 0 fully saturated rings. The van der Waals surface area contributed by atoms with Crippen molar-refractivity contribution in [1.82, 2.24) is 0 Å². The first-order chi connectivity index (χ1) is 10.0. The fourth-order valence-electron chi connectivity index (χ4n) is 2.35. The molecule has 4 heteroatoms. The molecule has 0 radical (unpaired) electrons. The van der Waals surface area contributed by atoms with E-state index in [-0.39, 0.29) is 5.91 Å². The Balaban J connectivity index is 2.23. The van der Waals surface area contributed by atoms with Crippen molar-refractivity contribution in [3.05, 3.63) is 59.2 Å². The van der Waals surface area contributed by atoms with Crippen LogP contribution in [-0.2, 0) is 6.54 Å². The molecule has 0 bridgehead atoms. The molecule has 4 nitrogen and oxygen atoms in total. The monoisotopic (exact) mass is 283 g/mol. The van der Waals surface area contributed by atoms with Gasteiger partial charge in [0.25, 0.3) is 0 Å². The van der Waals surface area contributed by atoms with Gasteiger partial charge in [-0.1, -0.05) is 12.1 Å². The van der Waals surface area contributed by atoms with E-state index in [9.17, 15) is 4.79 Å². The Hall–Kier alpha value is -2.49. The molecule has 4 N–H and O–H groups in total. The van der Waals surface area contributed by atoms with Crippen LogP contribution in [0.2, 0.25) is 0 Å². The summed E-state index contributed by atoms with van der Waals surface area (Å²) in [5.41, 5.74) is 15.6. The number of benzene rings is 2. The molecule has 21 heavy (non-hydrogen) atoms. The van der Waals surface area contributed by atoms with Gasteiger partial charge in [-0.25, -0.2) is 0 Å². The van der Waals surface area contributed by atoms with Gasteiger partial charge in [0.2, 0.25) is 5.91 Å². The van der Waals surface area contributed by atoms with Crippen LogP contribution in [0.25, 0.3) is 0 Å². The van der Waals surface area contributed by atoms with Crippen LogP contribution < -0.4 is 16.4 Å². The second-order valence-electron chi connectivity index (χ2n) is 5.12. The zero-order chi connectivity index (χ0) is 15.4. The third-order valence-electron chi connectivity index (χ3n) is 3.58. The first-order valence-electron chi connectivity index (χ1n) is 7.01. The van der Waals surface area contributed by atoms with Crippen LogP contribution in [0.3, 0.4) is 0 Å². The number of primary amides is 1. The van der Waals surface area contributed by atoms with E-state index in [2.05, 4.69) is 11.8 Å². The summed E-state index contributed by atoms with van der Waals surface area (Å²) < 4.78 is 0.